The van der Waals surface area contributed by atoms with Crippen molar-refractivity contribution >= 4 is 11.8 Å². The maximum Gasteiger partial charge on any atom is 0.233 e. The number of nitrogens with zero attached hydrogens (tertiary/aromatic N) is 1. The van der Waals surface area contributed by atoms with E-state index >= 15 is 0 Å². The van der Waals surface area contributed by atoms with Gasteiger partial charge in [-0.15, -0.1) is 0 Å². The summed E-state index contributed by atoms with van der Waals surface area (Å²) in [6, 6.07) is 0. The van der Waals surface area contributed by atoms with E-state index in [0.29, 0.717) is 6.54 Å². The fourth-order valence-electron chi connectivity index (χ4n) is 1.80. The highest BCUT2D eigenvalue weighted by atomic mass is 16.3. The fraction of sp³-hybridized carbons (Fsp3) is 0.778. The van der Waals surface area contributed by atoms with E-state index in [-0.39, 0.29) is 36.2 Å². The molecule has 0 bridgehead atoms. The van der Waals surface area contributed by atoms with Gasteiger partial charge in [0.05, 0.1) is 11.8 Å². The monoisotopic (exact) mass is 183 g/mol. The number of aliphatic hydroxyl groups excluding tert-OH is 1. The molecule has 1 saturated carbocycles. The summed E-state index contributed by atoms with van der Waals surface area (Å²) in [7, 11) is 0. The summed E-state index contributed by atoms with van der Waals surface area (Å²) >= 11 is 0. The van der Waals surface area contributed by atoms with Crippen molar-refractivity contribution < 1.29 is 14.7 Å². The Hall–Kier alpha value is -0.900. The first-order valence-electron chi connectivity index (χ1n) is 4.61. The van der Waals surface area contributed by atoms with Crippen LogP contribution in [0.5, 0.6) is 0 Å². The largest absolute Gasteiger partial charge is 0.396 e. The van der Waals surface area contributed by atoms with Gasteiger partial charge in [-0.2, -0.15) is 0 Å². The minimum Gasteiger partial charge on any atom is -0.396 e. The van der Waals surface area contributed by atoms with Crippen molar-refractivity contribution in [2.24, 2.45) is 17.8 Å². The topological polar surface area (TPSA) is 57.6 Å². The SMILES string of the molecule is CC(CO)CN1C(=O)C2CC2C1=O. The zero-order valence-electron chi connectivity index (χ0n) is 7.56. The molecule has 0 spiro atoms. The van der Waals surface area contributed by atoms with Gasteiger partial charge in [0.1, 0.15) is 0 Å². The molecule has 1 aliphatic carbocycles. The van der Waals surface area contributed by atoms with Crippen molar-refractivity contribution in [3.63, 3.8) is 0 Å². The first-order valence-corrected chi connectivity index (χ1v) is 4.61. The van der Waals surface area contributed by atoms with Crippen LogP contribution in [0.15, 0.2) is 0 Å². The molecule has 0 aromatic heterocycles. The second-order valence-corrected chi connectivity index (χ2v) is 4.02. The number of aliphatic hydroxyl groups is 1. The normalized spacial score (nSPS) is 33.5. The number of hydrogen-bond acceptors (Lipinski definition) is 3. The van der Waals surface area contributed by atoms with Gasteiger partial charge in [0.15, 0.2) is 0 Å². The van der Waals surface area contributed by atoms with E-state index in [1.54, 1.807) is 0 Å². The molecular weight excluding hydrogens is 170 g/mol. The second-order valence-electron chi connectivity index (χ2n) is 4.02. The fourth-order valence-corrected chi connectivity index (χ4v) is 1.80. The predicted molar refractivity (Wildman–Crippen MR) is 44.6 cm³/mol. The Morgan fingerprint density at radius 1 is 1.46 bits per heavy atom. The lowest BCUT2D eigenvalue weighted by molar-refractivity contribution is -0.142. The smallest absolute Gasteiger partial charge is 0.233 e. The van der Waals surface area contributed by atoms with Gasteiger partial charge in [-0.1, -0.05) is 6.92 Å². The molecule has 4 heteroatoms. The summed E-state index contributed by atoms with van der Waals surface area (Å²) in [4.78, 5) is 24.2. The minimum absolute atomic E-state index is 0.00889. The van der Waals surface area contributed by atoms with Gasteiger partial charge in [-0.05, 0) is 12.3 Å². The number of piperidine rings is 1. The van der Waals surface area contributed by atoms with Gasteiger partial charge in [0.25, 0.3) is 0 Å². The van der Waals surface area contributed by atoms with Crippen LogP contribution in [-0.4, -0.2) is 35.0 Å². The Balaban J connectivity index is 2.00. The minimum atomic E-state index is -0.0321. The van der Waals surface area contributed by atoms with Crippen molar-refractivity contribution in [1.82, 2.24) is 4.90 Å². The lowest BCUT2D eigenvalue weighted by atomic mass is 10.2. The van der Waals surface area contributed by atoms with Gasteiger partial charge >= 0.3 is 0 Å². The molecule has 4 nitrogen and oxygen atoms in total. The molecule has 0 aromatic rings. The van der Waals surface area contributed by atoms with Crippen LogP contribution >= 0.6 is 0 Å². The van der Waals surface area contributed by atoms with Gasteiger partial charge in [0, 0.05) is 13.2 Å². The molecule has 72 valence electrons. The van der Waals surface area contributed by atoms with Crippen molar-refractivity contribution in [1.29, 1.82) is 0 Å². The van der Waals surface area contributed by atoms with Crippen LogP contribution in [0, 0.1) is 17.8 Å². The third kappa shape index (κ3) is 1.25. The number of carbonyl (C=O) groups is 2. The third-order valence-electron chi connectivity index (χ3n) is 2.76. The Bertz CT molecular complexity index is 244. The van der Waals surface area contributed by atoms with Crippen molar-refractivity contribution in [2.45, 2.75) is 13.3 Å². The average Bonchev–Trinajstić information content (AvgIpc) is 2.86. The maximum absolute atomic E-state index is 11.4. The van der Waals surface area contributed by atoms with Gasteiger partial charge in [-0.3, -0.25) is 14.5 Å². The van der Waals surface area contributed by atoms with Crippen LogP contribution in [-0.2, 0) is 9.59 Å². The standard InChI is InChI=1S/C9H13NO3/c1-5(4-11)3-10-8(12)6-2-7(6)9(10)13/h5-7,11H,2-4H2,1H3. The molecule has 1 aliphatic heterocycles. The van der Waals surface area contributed by atoms with E-state index in [9.17, 15) is 9.59 Å². The quantitative estimate of drug-likeness (QED) is 0.607. The van der Waals surface area contributed by atoms with Crippen molar-refractivity contribution in [3.05, 3.63) is 0 Å². The first-order chi connectivity index (χ1) is 6.15. The summed E-state index contributed by atoms with van der Waals surface area (Å²) < 4.78 is 0. The molecule has 13 heavy (non-hydrogen) atoms. The van der Waals surface area contributed by atoms with Crippen LogP contribution in [0.4, 0.5) is 0 Å². The number of fused-ring (bicyclic) bond motifs is 1. The zero-order valence-corrected chi connectivity index (χ0v) is 7.56. The highest BCUT2D eigenvalue weighted by Crippen LogP contribution is 2.47. The van der Waals surface area contributed by atoms with Crippen LogP contribution in [0.2, 0.25) is 0 Å². The molecule has 2 amide bonds. The molecule has 3 atom stereocenters. The predicted octanol–water partition coefficient (Wildman–Crippen LogP) is -0.380. The Kier molecular flexibility index (Phi) is 1.87. The Labute approximate surface area is 76.5 Å². The molecule has 1 N–H and O–H groups in total. The Morgan fingerprint density at radius 2 is 2.00 bits per heavy atom. The molecule has 3 unspecified atom stereocenters. The summed E-state index contributed by atoms with van der Waals surface area (Å²) in [6.45, 7) is 2.22. The van der Waals surface area contributed by atoms with Crippen LogP contribution in [0.3, 0.4) is 0 Å². The summed E-state index contributed by atoms with van der Waals surface area (Å²) in [6.07, 6.45) is 0.752. The van der Waals surface area contributed by atoms with E-state index in [2.05, 4.69) is 0 Å². The molecule has 1 saturated heterocycles. The van der Waals surface area contributed by atoms with Gasteiger partial charge in [0.2, 0.25) is 11.8 Å². The molecule has 2 aliphatic rings. The highest BCUT2D eigenvalue weighted by molar-refractivity contribution is 6.08. The van der Waals surface area contributed by atoms with Crippen LogP contribution < -0.4 is 0 Å². The number of hydrogen-bond donors (Lipinski definition) is 1. The summed E-state index contributed by atoms with van der Waals surface area (Å²) in [5.74, 6) is -0.104. The van der Waals surface area contributed by atoms with Crippen molar-refractivity contribution in [2.75, 3.05) is 13.2 Å². The second kappa shape index (κ2) is 2.80. The van der Waals surface area contributed by atoms with Crippen LogP contribution in [0.1, 0.15) is 13.3 Å². The van der Waals surface area contributed by atoms with E-state index in [4.69, 9.17) is 5.11 Å². The lowest BCUT2D eigenvalue weighted by Crippen LogP contribution is -2.37. The first kappa shape index (κ1) is 8.69. The number of imide groups is 1. The maximum atomic E-state index is 11.4. The molecule has 2 fully saturated rings. The number of rotatable bonds is 3. The van der Waals surface area contributed by atoms with E-state index < -0.39 is 0 Å². The average molecular weight is 183 g/mol. The molecule has 1 heterocycles. The van der Waals surface area contributed by atoms with Gasteiger partial charge < -0.3 is 5.11 Å². The molecular formula is C9H13NO3. The van der Waals surface area contributed by atoms with Crippen molar-refractivity contribution in [3.8, 4) is 0 Å². The number of carbonyl (C=O) groups excluding carboxylic acids is 2. The zero-order chi connectivity index (χ0) is 9.59. The molecule has 0 radical (unpaired) electrons. The van der Waals surface area contributed by atoms with E-state index in [1.807, 2.05) is 6.92 Å². The molecule has 2 rings (SSSR count). The summed E-state index contributed by atoms with van der Waals surface area (Å²) in [5, 5.41) is 8.80. The number of amides is 2. The summed E-state index contributed by atoms with van der Waals surface area (Å²) in [5.41, 5.74) is 0. The highest BCUT2D eigenvalue weighted by Gasteiger charge is 2.58. The third-order valence-corrected chi connectivity index (χ3v) is 2.76. The Morgan fingerprint density at radius 3 is 2.46 bits per heavy atom. The van der Waals surface area contributed by atoms with E-state index in [0.717, 1.165) is 6.42 Å². The molecule has 0 aromatic carbocycles. The van der Waals surface area contributed by atoms with Gasteiger partial charge in [-0.25, -0.2) is 0 Å². The van der Waals surface area contributed by atoms with Crippen LogP contribution in [0.25, 0.3) is 0 Å². The lowest BCUT2D eigenvalue weighted by Gasteiger charge is -2.19. The number of likely N-dealkylation sites (tertiary alicyclic amines) is 1. The van der Waals surface area contributed by atoms with E-state index in [1.165, 1.54) is 4.90 Å².